The molecular formula is C25H25NO3S. The van der Waals surface area contributed by atoms with Crippen LogP contribution in [-0.2, 0) is 22.9 Å². The minimum Gasteiger partial charge on any atom is -0.460 e. The van der Waals surface area contributed by atoms with Gasteiger partial charge in [-0.15, -0.1) is 0 Å². The van der Waals surface area contributed by atoms with Crippen molar-refractivity contribution in [1.29, 1.82) is 0 Å². The summed E-state index contributed by atoms with van der Waals surface area (Å²) in [5.41, 5.74) is 4.46. The zero-order valence-electron chi connectivity index (χ0n) is 17.5. The highest BCUT2D eigenvalue weighted by Crippen LogP contribution is 2.40. The molecule has 1 heterocycles. The Bertz CT molecular complexity index is 1400. The van der Waals surface area contributed by atoms with Crippen LogP contribution in [0.4, 0.5) is 5.69 Å². The number of rotatable bonds is 3. The normalized spacial score (nSPS) is 16.7. The van der Waals surface area contributed by atoms with Crippen LogP contribution in [0.25, 0.3) is 21.7 Å². The summed E-state index contributed by atoms with van der Waals surface area (Å²) in [7, 11) is -3.72. The Balaban J connectivity index is 1.71. The van der Waals surface area contributed by atoms with Gasteiger partial charge in [0.25, 0.3) is 10.0 Å². The predicted molar refractivity (Wildman–Crippen MR) is 122 cm³/mol. The van der Waals surface area contributed by atoms with Crippen molar-refractivity contribution in [2.75, 3.05) is 4.72 Å². The molecule has 1 atom stereocenters. The van der Waals surface area contributed by atoms with Gasteiger partial charge in [-0.05, 0) is 50.3 Å². The fourth-order valence-corrected chi connectivity index (χ4v) is 5.95. The van der Waals surface area contributed by atoms with Crippen LogP contribution >= 0.6 is 0 Å². The van der Waals surface area contributed by atoms with Gasteiger partial charge >= 0.3 is 0 Å². The van der Waals surface area contributed by atoms with Crippen LogP contribution in [0.3, 0.4) is 0 Å². The summed E-state index contributed by atoms with van der Waals surface area (Å²) in [5, 5.41) is 2.81. The first kappa shape index (κ1) is 19.2. The van der Waals surface area contributed by atoms with E-state index in [-0.39, 0.29) is 0 Å². The molecule has 1 aliphatic rings. The van der Waals surface area contributed by atoms with E-state index < -0.39 is 10.0 Å². The number of hydrogen-bond donors (Lipinski definition) is 1. The van der Waals surface area contributed by atoms with Gasteiger partial charge < -0.3 is 4.42 Å². The fraction of sp³-hybridized carbons (Fsp3) is 0.280. The van der Waals surface area contributed by atoms with Crippen molar-refractivity contribution in [3.05, 3.63) is 71.0 Å². The topological polar surface area (TPSA) is 59.3 Å². The van der Waals surface area contributed by atoms with Gasteiger partial charge in [-0.25, -0.2) is 8.42 Å². The lowest BCUT2D eigenvalue weighted by Crippen LogP contribution is -2.14. The van der Waals surface area contributed by atoms with E-state index in [1.807, 2.05) is 56.3 Å². The summed E-state index contributed by atoms with van der Waals surface area (Å²) in [4.78, 5) is 0.306. The van der Waals surface area contributed by atoms with Crippen LogP contribution in [0.2, 0.25) is 0 Å². The Kier molecular flexibility index (Phi) is 4.40. The molecule has 0 bridgehead atoms. The largest absolute Gasteiger partial charge is 0.460 e. The Morgan fingerprint density at radius 2 is 1.77 bits per heavy atom. The molecule has 30 heavy (non-hydrogen) atoms. The number of furan rings is 1. The SMILES string of the molecule is Cc1ccc(S(=O)(=O)Nc2cc3c4c(oc3c3ccccc23)CC[C@H](C)C4)c(C)c1. The van der Waals surface area contributed by atoms with Gasteiger partial charge in [-0.3, -0.25) is 4.72 Å². The van der Waals surface area contributed by atoms with Crippen LogP contribution in [-0.4, -0.2) is 8.42 Å². The molecule has 5 rings (SSSR count). The number of hydrogen-bond acceptors (Lipinski definition) is 3. The summed E-state index contributed by atoms with van der Waals surface area (Å²) in [6.45, 7) is 6.05. The zero-order chi connectivity index (χ0) is 21.0. The third-order valence-electron chi connectivity index (χ3n) is 6.16. The van der Waals surface area contributed by atoms with E-state index in [0.717, 1.165) is 57.9 Å². The molecule has 0 fully saturated rings. The van der Waals surface area contributed by atoms with Crippen molar-refractivity contribution in [2.45, 2.75) is 44.9 Å². The molecular weight excluding hydrogens is 394 g/mol. The molecule has 3 aromatic carbocycles. The molecule has 0 unspecified atom stereocenters. The van der Waals surface area contributed by atoms with E-state index in [1.165, 1.54) is 5.56 Å². The number of aryl methyl sites for hydroxylation is 3. The van der Waals surface area contributed by atoms with Crippen LogP contribution in [0.1, 0.15) is 35.8 Å². The summed E-state index contributed by atoms with van der Waals surface area (Å²) < 4.78 is 35.7. The van der Waals surface area contributed by atoms with Crippen LogP contribution in [0.15, 0.2) is 57.8 Å². The maximum Gasteiger partial charge on any atom is 0.262 e. The van der Waals surface area contributed by atoms with E-state index in [9.17, 15) is 8.42 Å². The van der Waals surface area contributed by atoms with E-state index in [1.54, 1.807) is 6.07 Å². The maximum atomic E-state index is 13.3. The minimum absolute atomic E-state index is 0.306. The summed E-state index contributed by atoms with van der Waals surface area (Å²) in [6, 6.07) is 15.2. The van der Waals surface area contributed by atoms with Gasteiger partial charge in [0.2, 0.25) is 0 Å². The average Bonchev–Trinajstić information content (AvgIpc) is 3.05. The Hall–Kier alpha value is -2.79. The molecule has 1 N–H and O–H groups in total. The number of anilines is 1. The van der Waals surface area contributed by atoms with Crippen LogP contribution in [0, 0.1) is 19.8 Å². The average molecular weight is 420 g/mol. The van der Waals surface area contributed by atoms with Crippen molar-refractivity contribution in [2.24, 2.45) is 5.92 Å². The molecule has 0 amide bonds. The van der Waals surface area contributed by atoms with E-state index >= 15 is 0 Å². The quantitative estimate of drug-likeness (QED) is 0.435. The first-order valence-corrected chi connectivity index (χ1v) is 11.9. The highest BCUT2D eigenvalue weighted by atomic mass is 32.2. The van der Waals surface area contributed by atoms with E-state index in [2.05, 4.69) is 11.6 Å². The monoisotopic (exact) mass is 419 g/mol. The van der Waals surface area contributed by atoms with Crippen LogP contribution in [0.5, 0.6) is 0 Å². The zero-order valence-corrected chi connectivity index (χ0v) is 18.3. The minimum atomic E-state index is -3.72. The molecule has 0 aliphatic heterocycles. The number of fused-ring (bicyclic) bond motifs is 5. The second kappa shape index (κ2) is 6.88. The van der Waals surface area contributed by atoms with Crippen molar-refractivity contribution in [3.63, 3.8) is 0 Å². The number of benzene rings is 3. The van der Waals surface area contributed by atoms with Gasteiger partial charge in [0.05, 0.1) is 10.6 Å². The maximum absolute atomic E-state index is 13.3. The van der Waals surface area contributed by atoms with Gasteiger partial charge in [0.15, 0.2) is 0 Å². The molecule has 154 valence electrons. The second-order valence-corrected chi connectivity index (χ2v) is 10.2. The number of nitrogens with one attached hydrogen (secondary N) is 1. The van der Waals surface area contributed by atoms with Gasteiger partial charge in [-0.2, -0.15) is 0 Å². The van der Waals surface area contributed by atoms with Crippen molar-refractivity contribution in [1.82, 2.24) is 0 Å². The van der Waals surface area contributed by atoms with Gasteiger partial charge in [-0.1, -0.05) is 48.9 Å². The standard InChI is InChI=1S/C25H25NO3S/c1-15-9-11-24(17(3)12-15)30(27,28)26-22-14-21-20-13-16(2)8-10-23(20)29-25(21)19-7-5-4-6-18(19)22/h4-7,9,11-12,14,16,26H,8,10,13H2,1-3H3/t16-/m0/s1. The van der Waals surface area contributed by atoms with Gasteiger partial charge in [0, 0.05) is 28.1 Å². The molecule has 0 saturated heterocycles. The van der Waals surface area contributed by atoms with Gasteiger partial charge in [0.1, 0.15) is 11.3 Å². The summed E-state index contributed by atoms with van der Waals surface area (Å²) >= 11 is 0. The third kappa shape index (κ3) is 3.08. The lowest BCUT2D eigenvalue weighted by Gasteiger charge is -2.17. The molecule has 1 aliphatic carbocycles. The highest BCUT2D eigenvalue weighted by Gasteiger charge is 2.25. The number of sulfonamides is 1. The van der Waals surface area contributed by atoms with Crippen LogP contribution < -0.4 is 4.72 Å². The Morgan fingerprint density at radius 1 is 1.00 bits per heavy atom. The molecule has 4 nitrogen and oxygen atoms in total. The fourth-order valence-electron chi connectivity index (χ4n) is 4.66. The molecule has 5 heteroatoms. The molecule has 0 spiro atoms. The smallest absolute Gasteiger partial charge is 0.262 e. The lowest BCUT2D eigenvalue weighted by atomic mass is 9.87. The third-order valence-corrected chi connectivity index (χ3v) is 7.69. The first-order chi connectivity index (χ1) is 14.3. The van der Waals surface area contributed by atoms with Crippen molar-refractivity contribution < 1.29 is 12.8 Å². The lowest BCUT2D eigenvalue weighted by molar-refractivity contribution is 0.439. The summed E-state index contributed by atoms with van der Waals surface area (Å²) in [5.74, 6) is 1.64. The molecule has 0 radical (unpaired) electrons. The molecule has 0 saturated carbocycles. The molecule has 1 aromatic heterocycles. The van der Waals surface area contributed by atoms with E-state index in [0.29, 0.717) is 16.5 Å². The predicted octanol–water partition coefficient (Wildman–Crippen LogP) is 6.13. The van der Waals surface area contributed by atoms with Crippen molar-refractivity contribution in [3.8, 4) is 0 Å². The van der Waals surface area contributed by atoms with Crippen molar-refractivity contribution >= 4 is 37.5 Å². The first-order valence-electron chi connectivity index (χ1n) is 10.4. The Morgan fingerprint density at radius 3 is 2.53 bits per heavy atom. The summed E-state index contributed by atoms with van der Waals surface area (Å²) in [6.07, 6.45) is 3.02. The Labute approximate surface area is 177 Å². The second-order valence-electron chi connectivity index (χ2n) is 8.57. The highest BCUT2D eigenvalue weighted by molar-refractivity contribution is 7.92. The molecule has 4 aromatic rings. The van der Waals surface area contributed by atoms with E-state index in [4.69, 9.17) is 4.42 Å².